The average Bonchev–Trinajstić information content (AvgIpc) is 2.99. The fraction of sp³-hybridized carbons (Fsp3) is 0.267. The van der Waals surface area contributed by atoms with Crippen molar-refractivity contribution < 1.29 is 0 Å². The van der Waals surface area contributed by atoms with Gasteiger partial charge < -0.3 is 5.73 Å². The van der Waals surface area contributed by atoms with Gasteiger partial charge in [0.25, 0.3) is 0 Å². The Morgan fingerprint density at radius 1 is 1.16 bits per heavy atom. The fourth-order valence-corrected chi connectivity index (χ4v) is 3.42. The van der Waals surface area contributed by atoms with Gasteiger partial charge in [0.2, 0.25) is 0 Å². The molecule has 4 heteroatoms. The molecule has 0 saturated heterocycles. The van der Waals surface area contributed by atoms with Crippen LogP contribution in [-0.4, -0.2) is 9.38 Å². The topological polar surface area (TPSA) is 43.3 Å². The van der Waals surface area contributed by atoms with Crippen LogP contribution in [0.3, 0.4) is 0 Å². The van der Waals surface area contributed by atoms with Crippen LogP contribution < -0.4 is 5.73 Å². The largest absolute Gasteiger partial charge is 0.383 e. The molecule has 2 heterocycles. The molecule has 3 rings (SSSR count). The van der Waals surface area contributed by atoms with Gasteiger partial charge in [-0.3, -0.25) is 4.40 Å². The zero-order chi connectivity index (χ0) is 13.4. The van der Waals surface area contributed by atoms with E-state index in [2.05, 4.69) is 47.5 Å². The molecule has 0 saturated carbocycles. The number of nitrogen functional groups attached to an aromatic ring is 1. The van der Waals surface area contributed by atoms with E-state index in [9.17, 15) is 0 Å². The first-order chi connectivity index (χ1) is 9.24. The Labute approximate surface area is 116 Å². The van der Waals surface area contributed by atoms with Gasteiger partial charge >= 0.3 is 0 Å². The number of nitrogens with zero attached hydrogens (tertiary/aromatic N) is 2. The number of aromatic nitrogens is 2. The summed E-state index contributed by atoms with van der Waals surface area (Å²) < 4.78 is 2.06. The molecule has 0 spiro atoms. The van der Waals surface area contributed by atoms with Gasteiger partial charge in [0.15, 0.2) is 4.96 Å². The van der Waals surface area contributed by atoms with Crippen LogP contribution in [0.25, 0.3) is 16.2 Å². The number of thiazole rings is 1. The third-order valence-corrected chi connectivity index (χ3v) is 4.61. The predicted octanol–water partition coefficient (Wildman–Crippen LogP) is 3.77. The second-order valence-corrected chi connectivity index (χ2v) is 5.64. The molecule has 1 aromatic carbocycles. The number of fused-ring (bicyclic) bond motifs is 1. The summed E-state index contributed by atoms with van der Waals surface area (Å²) in [7, 11) is 0. The standard InChI is InChI=1S/C15H17N3S/c1-3-10-5-7-11(8-6-10)14-12(4-2)19-15-17-9-13(16)18(14)15/h5-9H,3-4,16H2,1-2H3. The summed E-state index contributed by atoms with van der Waals surface area (Å²) in [6.07, 6.45) is 3.79. The van der Waals surface area contributed by atoms with Crippen molar-refractivity contribution >= 4 is 22.1 Å². The van der Waals surface area contributed by atoms with Crippen LogP contribution in [0, 0.1) is 0 Å². The Hall–Kier alpha value is -1.81. The highest BCUT2D eigenvalue weighted by Crippen LogP contribution is 2.34. The van der Waals surface area contributed by atoms with Gasteiger partial charge in [-0.25, -0.2) is 4.98 Å². The Morgan fingerprint density at radius 3 is 2.53 bits per heavy atom. The normalized spacial score (nSPS) is 11.3. The van der Waals surface area contributed by atoms with Gasteiger partial charge in [0.1, 0.15) is 5.82 Å². The van der Waals surface area contributed by atoms with Crippen LogP contribution in [0.4, 0.5) is 5.82 Å². The summed E-state index contributed by atoms with van der Waals surface area (Å²) in [5.74, 6) is 0.709. The van der Waals surface area contributed by atoms with Gasteiger partial charge in [-0.2, -0.15) is 0 Å². The molecule has 0 aliphatic carbocycles. The molecule has 0 aliphatic heterocycles. The number of aryl methyl sites for hydroxylation is 2. The van der Waals surface area contributed by atoms with E-state index in [-0.39, 0.29) is 0 Å². The number of hydrogen-bond donors (Lipinski definition) is 1. The summed E-state index contributed by atoms with van der Waals surface area (Å²) in [6, 6.07) is 8.73. The number of imidazole rings is 1. The van der Waals surface area contributed by atoms with Crippen molar-refractivity contribution in [2.75, 3.05) is 5.73 Å². The van der Waals surface area contributed by atoms with Crippen molar-refractivity contribution in [3.8, 4) is 11.3 Å². The zero-order valence-corrected chi connectivity index (χ0v) is 12.0. The Morgan fingerprint density at radius 2 is 1.89 bits per heavy atom. The van der Waals surface area contributed by atoms with E-state index in [0.29, 0.717) is 5.82 Å². The van der Waals surface area contributed by atoms with Crippen molar-refractivity contribution in [3.05, 3.63) is 40.9 Å². The van der Waals surface area contributed by atoms with Gasteiger partial charge in [0, 0.05) is 4.88 Å². The van der Waals surface area contributed by atoms with Crippen LogP contribution in [0.5, 0.6) is 0 Å². The van der Waals surface area contributed by atoms with Crippen LogP contribution in [0.15, 0.2) is 30.5 Å². The maximum atomic E-state index is 6.05. The average molecular weight is 271 g/mol. The molecule has 3 aromatic rings. The van der Waals surface area contributed by atoms with E-state index < -0.39 is 0 Å². The first kappa shape index (κ1) is 12.2. The quantitative estimate of drug-likeness (QED) is 0.788. The third kappa shape index (κ3) is 1.92. The molecule has 0 unspecified atom stereocenters. The van der Waals surface area contributed by atoms with Gasteiger partial charge in [-0.15, -0.1) is 11.3 Å². The highest BCUT2D eigenvalue weighted by Gasteiger charge is 2.15. The summed E-state index contributed by atoms with van der Waals surface area (Å²) in [4.78, 5) is 6.67. The molecule has 0 amide bonds. The van der Waals surface area contributed by atoms with Gasteiger partial charge in [0.05, 0.1) is 11.9 Å². The Balaban J connectivity index is 2.23. The lowest BCUT2D eigenvalue weighted by atomic mass is 10.1. The molecule has 0 fully saturated rings. The monoisotopic (exact) mass is 271 g/mol. The minimum Gasteiger partial charge on any atom is -0.383 e. The minimum absolute atomic E-state index is 0.709. The Bertz CT molecular complexity index is 707. The summed E-state index contributed by atoms with van der Waals surface area (Å²) in [6.45, 7) is 4.34. The molecular formula is C15H17N3S. The van der Waals surface area contributed by atoms with Crippen molar-refractivity contribution in [3.63, 3.8) is 0 Å². The van der Waals surface area contributed by atoms with E-state index in [4.69, 9.17) is 5.73 Å². The van der Waals surface area contributed by atoms with Gasteiger partial charge in [-0.05, 0) is 24.0 Å². The summed E-state index contributed by atoms with van der Waals surface area (Å²) in [5, 5.41) is 0. The number of anilines is 1. The minimum atomic E-state index is 0.709. The van der Waals surface area contributed by atoms with Crippen LogP contribution in [-0.2, 0) is 12.8 Å². The highest BCUT2D eigenvalue weighted by molar-refractivity contribution is 7.17. The predicted molar refractivity (Wildman–Crippen MR) is 81.7 cm³/mol. The van der Waals surface area contributed by atoms with E-state index in [1.807, 2.05) is 0 Å². The summed E-state index contributed by atoms with van der Waals surface area (Å²) >= 11 is 1.72. The first-order valence-electron chi connectivity index (χ1n) is 6.58. The molecule has 0 atom stereocenters. The van der Waals surface area contributed by atoms with E-state index in [0.717, 1.165) is 17.8 Å². The van der Waals surface area contributed by atoms with E-state index in [1.165, 1.54) is 21.7 Å². The molecule has 98 valence electrons. The molecule has 0 bridgehead atoms. The maximum absolute atomic E-state index is 6.05. The van der Waals surface area contributed by atoms with Crippen molar-refractivity contribution in [1.82, 2.24) is 9.38 Å². The van der Waals surface area contributed by atoms with E-state index >= 15 is 0 Å². The van der Waals surface area contributed by atoms with Crippen LogP contribution >= 0.6 is 11.3 Å². The van der Waals surface area contributed by atoms with Crippen molar-refractivity contribution in [1.29, 1.82) is 0 Å². The fourth-order valence-electron chi connectivity index (χ4n) is 2.36. The molecule has 3 nitrogen and oxygen atoms in total. The second-order valence-electron chi connectivity index (χ2n) is 4.58. The van der Waals surface area contributed by atoms with E-state index in [1.54, 1.807) is 17.5 Å². The molecule has 0 radical (unpaired) electrons. The second kappa shape index (κ2) is 4.70. The molecule has 2 aromatic heterocycles. The lowest BCUT2D eigenvalue weighted by Gasteiger charge is -2.06. The van der Waals surface area contributed by atoms with Crippen LogP contribution in [0.2, 0.25) is 0 Å². The smallest absolute Gasteiger partial charge is 0.196 e. The van der Waals surface area contributed by atoms with Gasteiger partial charge in [-0.1, -0.05) is 38.1 Å². The molecule has 0 aliphatic rings. The lowest BCUT2D eigenvalue weighted by Crippen LogP contribution is -1.95. The number of hydrogen-bond acceptors (Lipinski definition) is 3. The Kier molecular flexibility index (Phi) is 3.03. The number of rotatable bonds is 3. The maximum Gasteiger partial charge on any atom is 0.196 e. The SMILES string of the molecule is CCc1ccc(-c2c(CC)sc3ncc(N)n23)cc1. The number of benzene rings is 1. The first-order valence-corrected chi connectivity index (χ1v) is 7.40. The summed E-state index contributed by atoms with van der Waals surface area (Å²) in [5.41, 5.74) is 9.81. The lowest BCUT2D eigenvalue weighted by molar-refractivity contribution is 1.13. The van der Waals surface area contributed by atoms with Crippen LogP contribution in [0.1, 0.15) is 24.3 Å². The zero-order valence-electron chi connectivity index (χ0n) is 11.2. The van der Waals surface area contributed by atoms with Crippen molar-refractivity contribution in [2.24, 2.45) is 0 Å². The van der Waals surface area contributed by atoms with Crippen molar-refractivity contribution in [2.45, 2.75) is 26.7 Å². The third-order valence-electron chi connectivity index (χ3n) is 3.42. The highest BCUT2D eigenvalue weighted by atomic mass is 32.1. The molecule has 19 heavy (non-hydrogen) atoms. The molecular weight excluding hydrogens is 254 g/mol. The molecule has 2 N–H and O–H groups in total. The number of nitrogens with two attached hydrogens (primary N) is 1.